The Morgan fingerprint density at radius 2 is 1.88 bits per heavy atom. The number of aliphatic hydroxyl groups excluding tert-OH is 1. The largest absolute Gasteiger partial charge is 0.396 e. The van der Waals surface area contributed by atoms with E-state index in [0.29, 0.717) is 12.1 Å². The smallest absolute Gasteiger partial charge is 0.0446 e. The van der Waals surface area contributed by atoms with Gasteiger partial charge >= 0.3 is 0 Å². The van der Waals surface area contributed by atoms with Gasteiger partial charge in [0, 0.05) is 49.9 Å². The highest BCUT2D eigenvalue weighted by Crippen LogP contribution is 2.24. The minimum atomic E-state index is 0.259. The van der Waals surface area contributed by atoms with Gasteiger partial charge in [0.1, 0.15) is 0 Å². The van der Waals surface area contributed by atoms with Gasteiger partial charge in [0.2, 0.25) is 0 Å². The number of aliphatic hydroxyl groups is 1. The van der Waals surface area contributed by atoms with Crippen LogP contribution in [-0.4, -0.2) is 84.8 Å². The second-order valence-corrected chi connectivity index (χ2v) is 8.16. The van der Waals surface area contributed by atoms with E-state index in [2.05, 4.69) is 40.0 Å². The van der Waals surface area contributed by atoms with E-state index in [1.54, 1.807) is 0 Å². The van der Waals surface area contributed by atoms with Gasteiger partial charge in [-0.15, -0.1) is 0 Å². The van der Waals surface area contributed by atoms with E-state index in [1.807, 2.05) is 18.2 Å². The predicted octanol–water partition coefficient (Wildman–Crippen LogP) is 2.73. The minimum absolute atomic E-state index is 0.259. The lowest BCUT2D eigenvalue weighted by Crippen LogP contribution is -2.58. The summed E-state index contributed by atoms with van der Waals surface area (Å²) in [5, 5.41) is 10.4. The number of rotatable bonds is 6. The first kappa shape index (κ1) is 19.8. The Kier molecular flexibility index (Phi) is 7.52. The molecule has 26 heavy (non-hydrogen) atoms. The van der Waals surface area contributed by atoms with Gasteiger partial charge in [-0.3, -0.25) is 9.80 Å². The van der Waals surface area contributed by atoms with Crippen LogP contribution in [0.25, 0.3) is 6.08 Å². The summed E-state index contributed by atoms with van der Waals surface area (Å²) < 4.78 is 0. The van der Waals surface area contributed by atoms with E-state index in [0.717, 1.165) is 43.2 Å². The first-order chi connectivity index (χ1) is 12.7. The number of piperazine rings is 1. The monoisotopic (exact) mass is 377 g/mol. The molecule has 144 valence electrons. The highest BCUT2D eigenvalue weighted by Gasteiger charge is 2.33. The zero-order valence-electron chi connectivity index (χ0n) is 15.9. The lowest BCUT2D eigenvalue weighted by molar-refractivity contribution is 0.0119. The molecule has 0 aromatic heterocycles. The summed E-state index contributed by atoms with van der Waals surface area (Å²) >= 11 is 6.53. The lowest BCUT2D eigenvalue weighted by Gasteiger charge is -2.47. The molecule has 2 heterocycles. The second kappa shape index (κ2) is 9.86. The van der Waals surface area contributed by atoms with Crippen LogP contribution in [0.15, 0.2) is 35.4 Å². The topological polar surface area (TPSA) is 30.0 Å². The number of benzene rings is 1. The third-order valence-corrected chi connectivity index (χ3v) is 5.96. The van der Waals surface area contributed by atoms with Crippen molar-refractivity contribution in [2.24, 2.45) is 0 Å². The Hall–Kier alpha value is -0.910. The fourth-order valence-electron chi connectivity index (χ4n) is 4.28. The number of halogens is 1. The van der Waals surface area contributed by atoms with Crippen LogP contribution in [0.5, 0.6) is 0 Å². The van der Waals surface area contributed by atoms with Crippen LogP contribution >= 0.6 is 11.6 Å². The fourth-order valence-corrected chi connectivity index (χ4v) is 4.58. The molecule has 0 bridgehead atoms. The van der Waals surface area contributed by atoms with Crippen molar-refractivity contribution in [3.8, 4) is 0 Å². The number of piperidine rings is 1. The van der Waals surface area contributed by atoms with Crippen molar-refractivity contribution in [1.29, 1.82) is 0 Å². The van der Waals surface area contributed by atoms with Crippen LogP contribution in [0.1, 0.15) is 24.8 Å². The summed E-state index contributed by atoms with van der Waals surface area (Å²) in [7, 11) is 2.21. The molecule has 2 saturated heterocycles. The normalized spacial score (nSPS) is 24.9. The highest BCUT2D eigenvalue weighted by molar-refractivity contribution is 6.31. The summed E-state index contributed by atoms with van der Waals surface area (Å²) in [5.74, 6) is 0. The molecule has 0 spiro atoms. The maximum Gasteiger partial charge on any atom is 0.0446 e. The maximum atomic E-state index is 9.55. The predicted molar refractivity (Wildman–Crippen MR) is 109 cm³/mol. The lowest BCUT2D eigenvalue weighted by atomic mass is 9.98. The van der Waals surface area contributed by atoms with Crippen molar-refractivity contribution in [3.05, 3.63) is 40.9 Å². The summed E-state index contributed by atoms with van der Waals surface area (Å²) in [5.41, 5.74) is 1.15. The molecule has 0 amide bonds. The van der Waals surface area contributed by atoms with Crippen LogP contribution in [0.4, 0.5) is 0 Å². The van der Waals surface area contributed by atoms with E-state index in [9.17, 15) is 5.11 Å². The SMILES string of the molecule is CN1CCC(N2CCN(CC(Cl)=Cc3ccccc3)CC2CCO)CC1. The zero-order chi connectivity index (χ0) is 18.4. The van der Waals surface area contributed by atoms with Crippen LogP contribution in [0, 0.1) is 0 Å². The Morgan fingerprint density at radius 3 is 2.58 bits per heavy atom. The second-order valence-electron chi connectivity index (χ2n) is 7.68. The van der Waals surface area contributed by atoms with E-state index < -0.39 is 0 Å². The minimum Gasteiger partial charge on any atom is -0.396 e. The van der Waals surface area contributed by atoms with E-state index >= 15 is 0 Å². The van der Waals surface area contributed by atoms with Crippen molar-refractivity contribution in [1.82, 2.24) is 14.7 Å². The van der Waals surface area contributed by atoms with Crippen LogP contribution < -0.4 is 0 Å². The van der Waals surface area contributed by atoms with E-state index in [-0.39, 0.29) is 6.61 Å². The molecule has 2 aliphatic heterocycles. The Labute approximate surface area is 163 Å². The molecule has 5 heteroatoms. The van der Waals surface area contributed by atoms with Gasteiger partial charge in [-0.25, -0.2) is 0 Å². The summed E-state index contributed by atoms with van der Waals surface area (Å²) in [6.07, 6.45) is 5.40. The molecule has 1 unspecified atom stereocenters. The van der Waals surface area contributed by atoms with Crippen LogP contribution in [0.2, 0.25) is 0 Å². The highest BCUT2D eigenvalue weighted by atomic mass is 35.5. The Bertz CT molecular complexity index is 572. The average Bonchev–Trinajstić information content (AvgIpc) is 2.64. The maximum absolute atomic E-state index is 9.55. The number of hydrogen-bond donors (Lipinski definition) is 1. The van der Waals surface area contributed by atoms with Crippen molar-refractivity contribution >= 4 is 17.7 Å². The Morgan fingerprint density at radius 1 is 1.15 bits per heavy atom. The van der Waals surface area contributed by atoms with Gasteiger partial charge in [-0.05, 0) is 51.0 Å². The van der Waals surface area contributed by atoms with Gasteiger partial charge in [0.15, 0.2) is 0 Å². The third kappa shape index (κ3) is 5.54. The first-order valence-corrected chi connectivity index (χ1v) is 10.2. The third-order valence-electron chi connectivity index (χ3n) is 5.73. The van der Waals surface area contributed by atoms with Crippen molar-refractivity contribution in [3.63, 3.8) is 0 Å². The molecule has 3 rings (SSSR count). The standard InChI is InChI=1S/C21H32ClN3O/c1-23-10-7-20(8-11-23)25-13-12-24(17-21(25)9-14-26)16-19(22)15-18-5-3-2-4-6-18/h2-6,15,20-21,26H,7-14,16-17H2,1H3. The van der Waals surface area contributed by atoms with Gasteiger partial charge in [-0.2, -0.15) is 0 Å². The number of hydrogen-bond acceptors (Lipinski definition) is 4. The van der Waals surface area contributed by atoms with Gasteiger partial charge in [0.05, 0.1) is 0 Å². The molecular weight excluding hydrogens is 346 g/mol. The average molecular weight is 378 g/mol. The molecule has 2 fully saturated rings. The molecule has 1 N–H and O–H groups in total. The number of likely N-dealkylation sites (tertiary alicyclic amines) is 1. The fraction of sp³-hybridized carbons (Fsp3) is 0.619. The van der Waals surface area contributed by atoms with Crippen molar-refractivity contribution < 1.29 is 5.11 Å². The van der Waals surface area contributed by atoms with Gasteiger partial charge in [-0.1, -0.05) is 41.9 Å². The van der Waals surface area contributed by atoms with Crippen molar-refractivity contribution in [2.45, 2.75) is 31.3 Å². The zero-order valence-corrected chi connectivity index (χ0v) is 16.6. The summed E-state index contributed by atoms with van der Waals surface area (Å²) in [6, 6.07) is 11.3. The quantitative estimate of drug-likeness (QED) is 0.825. The van der Waals surface area contributed by atoms with Crippen LogP contribution in [-0.2, 0) is 0 Å². The molecule has 1 aromatic rings. The van der Waals surface area contributed by atoms with E-state index in [4.69, 9.17) is 11.6 Å². The molecule has 1 atom stereocenters. The molecule has 4 nitrogen and oxygen atoms in total. The molecule has 1 aromatic carbocycles. The molecule has 0 radical (unpaired) electrons. The molecular formula is C21H32ClN3O. The van der Waals surface area contributed by atoms with Crippen LogP contribution in [0.3, 0.4) is 0 Å². The number of nitrogens with zero attached hydrogens (tertiary/aromatic N) is 3. The van der Waals surface area contributed by atoms with Gasteiger partial charge in [0.25, 0.3) is 0 Å². The summed E-state index contributed by atoms with van der Waals surface area (Å²) in [4.78, 5) is 7.52. The van der Waals surface area contributed by atoms with E-state index in [1.165, 1.54) is 25.9 Å². The summed E-state index contributed by atoms with van der Waals surface area (Å²) in [6.45, 7) is 6.53. The van der Waals surface area contributed by atoms with Crippen molar-refractivity contribution in [2.75, 3.05) is 52.9 Å². The molecule has 0 saturated carbocycles. The molecule has 2 aliphatic rings. The first-order valence-electron chi connectivity index (χ1n) is 9.84. The Balaban J connectivity index is 1.57. The molecule has 0 aliphatic carbocycles. The van der Waals surface area contributed by atoms with Gasteiger partial charge < -0.3 is 10.0 Å².